The summed E-state index contributed by atoms with van der Waals surface area (Å²) in [7, 11) is 0. The molecule has 2 unspecified atom stereocenters. The van der Waals surface area contributed by atoms with Crippen molar-refractivity contribution in [2.45, 2.75) is 82.0 Å². The summed E-state index contributed by atoms with van der Waals surface area (Å²) in [5.41, 5.74) is 1.40. The van der Waals surface area contributed by atoms with Gasteiger partial charge in [0.1, 0.15) is 12.4 Å². The van der Waals surface area contributed by atoms with E-state index in [1.54, 1.807) is 0 Å². The predicted octanol–water partition coefficient (Wildman–Crippen LogP) is 5.09. The van der Waals surface area contributed by atoms with Gasteiger partial charge >= 0.3 is 0 Å². The molecule has 1 heterocycles. The first-order valence-electron chi connectivity index (χ1n) is 13.4. The molecule has 1 aromatic carbocycles. The van der Waals surface area contributed by atoms with Gasteiger partial charge in [-0.25, -0.2) is 9.78 Å². The molecule has 5 rings (SSSR count). The molecule has 3 aliphatic carbocycles. The Morgan fingerprint density at radius 1 is 0.853 bits per heavy atom. The van der Waals surface area contributed by atoms with Crippen molar-refractivity contribution in [2.24, 2.45) is 17.0 Å². The number of hydrogen-bond acceptors (Lipinski definition) is 7. The molecule has 4 aliphatic rings. The SMILES string of the molecule is O=NC1CC2CC(C1)CC(OO[C@H]1CC[C@@H](c3ccc(OCCN4CCOCC4)cc3)CC1)C2. The standard InChI is InChI=1S/C27H40N2O5/c30-28-24-16-20-15-21(17-24)19-27(18-20)34-33-26-7-3-23(4-8-26)22-1-5-25(6-2-22)32-14-11-29-9-12-31-13-10-29/h1-2,5-6,20-21,23-24,26-27H,3-4,7-19H2/t20?,21?,23-,24?,26+,27?. The molecule has 1 saturated heterocycles. The van der Waals surface area contributed by atoms with Crippen LogP contribution in [0.5, 0.6) is 5.75 Å². The van der Waals surface area contributed by atoms with Gasteiger partial charge in [0, 0.05) is 19.6 Å². The minimum Gasteiger partial charge on any atom is -0.492 e. The van der Waals surface area contributed by atoms with Crippen LogP contribution in [0.2, 0.25) is 0 Å². The molecule has 2 atom stereocenters. The lowest BCUT2D eigenvalue weighted by Gasteiger charge is -2.40. The Morgan fingerprint density at radius 3 is 2.21 bits per heavy atom. The van der Waals surface area contributed by atoms with E-state index in [9.17, 15) is 4.91 Å². The van der Waals surface area contributed by atoms with E-state index in [0.29, 0.717) is 17.8 Å². The van der Waals surface area contributed by atoms with Crippen molar-refractivity contribution in [3.63, 3.8) is 0 Å². The van der Waals surface area contributed by atoms with Crippen molar-refractivity contribution < 1.29 is 19.2 Å². The van der Waals surface area contributed by atoms with Gasteiger partial charge in [-0.2, -0.15) is 4.91 Å². The summed E-state index contributed by atoms with van der Waals surface area (Å²) in [5, 5.41) is 3.31. The van der Waals surface area contributed by atoms with Gasteiger partial charge in [-0.1, -0.05) is 17.3 Å². The Labute approximate surface area is 203 Å². The van der Waals surface area contributed by atoms with Gasteiger partial charge in [0.05, 0.1) is 31.5 Å². The maximum atomic E-state index is 10.9. The average molecular weight is 473 g/mol. The van der Waals surface area contributed by atoms with Crippen LogP contribution in [-0.2, 0) is 14.5 Å². The van der Waals surface area contributed by atoms with Crippen molar-refractivity contribution in [2.75, 3.05) is 39.5 Å². The van der Waals surface area contributed by atoms with Crippen LogP contribution in [0.15, 0.2) is 29.4 Å². The first-order chi connectivity index (χ1) is 16.7. The summed E-state index contributed by atoms with van der Waals surface area (Å²) in [4.78, 5) is 25.2. The van der Waals surface area contributed by atoms with Crippen LogP contribution >= 0.6 is 0 Å². The molecule has 188 valence electrons. The Bertz CT molecular complexity index is 747. The van der Waals surface area contributed by atoms with Crippen LogP contribution in [0.3, 0.4) is 0 Å². The van der Waals surface area contributed by atoms with E-state index in [-0.39, 0.29) is 18.2 Å². The van der Waals surface area contributed by atoms with Crippen LogP contribution in [-0.4, -0.2) is 62.6 Å². The quantitative estimate of drug-likeness (QED) is 0.283. The van der Waals surface area contributed by atoms with Gasteiger partial charge in [-0.3, -0.25) is 4.90 Å². The Hall–Kier alpha value is -1.54. The summed E-state index contributed by atoms with van der Waals surface area (Å²) in [6.07, 6.45) is 9.85. The molecule has 2 bridgehead atoms. The highest BCUT2D eigenvalue weighted by Gasteiger charge is 2.38. The lowest BCUT2D eigenvalue weighted by molar-refractivity contribution is -0.362. The maximum absolute atomic E-state index is 10.9. The predicted molar refractivity (Wildman–Crippen MR) is 130 cm³/mol. The second-order valence-electron chi connectivity index (χ2n) is 10.8. The number of hydrogen-bond donors (Lipinski definition) is 0. The van der Waals surface area contributed by atoms with Crippen molar-refractivity contribution in [1.82, 2.24) is 4.90 Å². The van der Waals surface area contributed by atoms with Gasteiger partial charge in [0.15, 0.2) is 0 Å². The highest BCUT2D eigenvalue weighted by molar-refractivity contribution is 5.29. The smallest absolute Gasteiger partial charge is 0.119 e. The van der Waals surface area contributed by atoms with Gasteiger partial charge < -0.3 is 9.47 Å². The Kier molecular flexibility index (Phi) is 8.48. The number of benzene rings is 1. The van der Waals surface area contributed by atoms with E-state index in [0.717, 1.165) is 96.6 Å². The van der Waals surface area contributed by atoms with Crippen LogP contribution in [0.1, 0.15) is 69.3 Å². The minimum atomic E-state index is 0.0246. The molecule has 0 spiro atoms. The first-order valence-corrected chi connectivity index (χ1v) is 13.4. The topological polar surface area (TPSA) is 69.6 Å². The second-order valence-corrected chi connectivity index (χ2v) is 10.8. The highest BCUT2D eigenvalue weighted by Crippen LogP contribution is 2.42. The fraction of sp³-hybridized carbons (Fsp3) is 0.778. The molecule has 0 N–H and O–H groups in total. The number of morpholine rings is 1. The van der Waals surface area contributed by atoms with Crippen molar-refractivity contribution >= 4 is 0 Å². The number of nitroso groups, excluding NO2 is 1. The van der Waals surface area contributed by atoms with Gasteiger partial charge in [-0.15, -0.1) is 0 Å². The normalized spacial score (nSPS) is 34.5. The van der Waals surface area contributed by atoms with Crippen LogP contribution in [0.25, 0.3) is 0 Å². The zero-order valence-corrected chi connectivity index (χ0v) is 20.3. The van der Waals surface area contributed by atoms with E-state index in [1.807, 2.05) is 0 Å². The summed E-state index contributed by atoms with van der Waals surface area (Å²) in [6, 6.07) is 8.72. The Morgan fingerprint density at radius 2 is 1.53 bits per heavy atom. The lowest BCUT2D eigenvalue weighted by atomic mass is 9.69. The first kappa shape index (κ1) is 24.2. The van der Waals surface area contributed by atoms with Crippen LogP contribution < -0.4 is 4.74 Å². The van der Waals surface area contributed by atoms with Gasteiger partial charge in [0.25, 0.3) is 0 Å². The molecular formula is C27H40N2O5. The third-order valence-electron chi connectivity index (χ3n) is 8.35. The Balaban J connectivity index is 0.993. The van der Waals surface area contributed by atoms with E-state index in [2.05, 4.69) is 34.3 Å². The number of rotatable bonds is 9. The molecule has 7 nitrogen and oxygen atoms in total. The molecule has 0 amide bonds. The second kappa shape index (κ2) is 11.9. The number of ether oxygens (including phenoxy) is 2. The summed E-state index contributed by atoms with van der Waals surface area (Å²) >= 11 is 0. The monoisotopic (exact) mass is 472 g/mol. The molecule has 3 saturated carbocycles. The van der Waals surface area contributed by atoms with E-state index >= 15 is 0 Å². The number of nitrogens with zero attached hydrogens (tertiary/aromatic N) is 2. The third kappa shape index (κ3) is 6.56. The maximum Gasteiger partial charge on any atom is 0.119 e. The molecule has 1 aromatic rings. The van der Waals surface area contributed by atoms with Crippen molar-refractivity contribution in [1.29, 1.82) is 0 Å². The zero-order chi connectivity index (χ0) is 23.2. The fourth-order valence-corrected chi connectivity index (χ4v) is 6.52. The molecular weight excluding hydrogens is 432 g/mol. The molecule has 34 heavy (non-hydrogen) atoms. The van der Waals surface area contributed by atoms with Crippen molar-refractivity contribution in [3.8, 4) is 5.75 Å². The van der Waals surface area contributed by atoms with Crippen molar-refractivity contribution in [3.05, 3.63) is 34.7 Å². The van der Waals surface area contributed by atoms with Crippen LogP contribution in [0, 0.1) is 16.7 Å². The van der Waals surface area contributed by atoms with E-state index in [1.165, 1.54) is 12.0 Å². The molecule has 4 fully saturated rings. The fourth-order valence-electron chi connectivity index (χ4n) is 6.52. The highest BCUT2D eigenvalue weighted by atomic mass is 17.2. The average Bonchev–Trinajstić information content (AvgIpc) is 2.88. The largest absolute Gasteiger partial charge is 0.492 e. The van der Waals surface area contributed by atoms with Gasteiger partial charge in [0.2, 0.25) is 0 Å². The molecule has 1 aliphatic heterocycles. The zero-order valence-electron chi connectivity index (χ0n) is 20.3. The third-order valence-corrected chi connectivity index (χ3v) is 8.35. The number of fused-ring (bicyclic) bond motifs is 2. The van der Waals surface area contributed by atoms with E-state index in [4.69, 9.17) is 19.2 Å². The molecule has 0 radical (unpaired) electrons. The van der Waals surface area contributed by atoms with Gasteiger partial charge in [-0.05, 0) is 93.2 Å². The molecule has 0 aromatic heterocycles. The van der Waals surface area contributed by atoms with E-state index < -0.39 is 0 Å². The van der Waals surface area contributed by atoms with Crippen LogP contribution in [0.4, 0.5) is 0 Å². The molecule has 7 heteroatoms. The lowest BCUT2D eigenvalue weighted by Crippen LogP contribution is -2.38. The summed E-state index contributed by atoms with van der Waals surface area (Å²) < 4.78 is 11.4. The summed E-state index contributed by atoms with van der Waals surface area (Å²) in [6.45, 7) is 5.34. The minimum absolute atomic E-state index is 0.0246. The summed E-state index contributed by atoms with van der Waals surface area (Å²) in [5.74, 6) is 2.69.